The lowest BCUT2D eigenvalue weighted by atomic mass is 9.77. The van der Waals surface area contributed by atoms with Crippen LogP contribution in [0, 0.1) is 17.8 Å². The van der Waals surface area contributed by atoms with Gasteiger partial charge in [0.05, 0.1) is 41.5 Å². The molecule has 0 bridgehead atoms. The van der Waals surface area contributed by atoms with Crippen molar-refractivity contribution in [3.05, 3.63) is 0 Å². The van der Waals surface area contributed by atoms with Crippen molar-refractivity contribution in [3.8, 4) is 0 Å². The van der Waals surface area contributed by atoms with Crippen LogP contribution >= 0.6 is 0 Å². The van der Waals surface area contributed by atoms with E-state index >= 15 is 0 Å². The van der Waals surface area contributed by atoms with Gasteiger partial charge in [-0.15, -0.1) is 0 Å². The lowest BCUT2D eigenvalue weighted by Crippen LogP contribution is -2.60. The molecule has 18 atom stereocenters. The SMILES string of the molecule is CCC1OC(=O)[C@H](C)[C@@H](O[C@H]2C[C@@](C)(OC)[C@@H](O)[C@H](C)O2)[C@H](C)[C@@H](O[C@@H]2O[C@H](C)C[C@H](N(C)C)[C@H]2O)[C@](C)(O)C[C@@H](C)CN(C)C(C)C(O)C1(C)O. The molecule has 14 nitrogen and oxygen atoms in total. The fraction of sp³-hybridized carbons (Fsp3) is 0.974. The van der Waals surface area contributed by atoms with Gasteiger partial charge in [0.1, 0.15) is 30.0 Å². The summed E-state index contributed by atoms with van der Waals surface area (Å²) in [5.74, 6) is -2.58. The molecule has 3 aliphatic heterocycles. The molecule has 3 aliphatic rings. The van der Waals surface area contributed by atoms with Crippen LogP contribution in [-0.4, -0.2) is 166 Å². The summed E-state index contributed by atoms with van der Waals surface area (Å²) in [5, 5.41) is 58.1. The van der Waals surface area contributed by atoms with Crippen molar-refractivity contribution in [3.63, 3.8) is 0 Å². The first-order chi connectivity index (χ1) is 23.9. The molecule has 0 aliphatic carbocycles. The summed E-state index contributed by atoms with van der Waals surface area (Å²) in [5.41, 5.74) is -4.37. The number of aliphatic hydroxyl groups excluding tert-OH is 3. The molecule has 3 rings (SSSR count). The molecule has 3 heterocycles. The Morgan fingerprint density at radius 1 is 0.942 bits per heavy atom. The summed E-state index contributed by atoms with van der Waals surface area (Å²) >= 11 is 0. The molecule has 5 N–H and O–H groups in total. The van der Waals surface area contributed by atoms with E-state index in [0.29, 0.717) is 13.0 Å². The highest BCUT2D eigenvalue weighted by Crippen LogP contribution is 2.40. The number of methoxy groups -OCH3 is 1. The zero-order chi connectivity index (χ0) is 39.7. The molecular weight excluding hydrogens is 676 g/mol. The fourth-order valence-corrected chi connectivity index (χ4v) is 8.74. The van der Waals surface area contributed by atoms with E-state index in [4.69, 9.17) is 28.4 Å². The van der Waals surface area contributed by atoms with E-state index < -0.39 is 96.0 Å². The van der Waals surface area contributed by atoms with Gasteiger partial charge in [0, 0.05) is 38.1 Å². The van der Waals surface area contributed by atoms with Crippen molar-refractivity contribution < 1.29 is 58.7 Å². The van der Waals surface area contributed by atoms with E-state index in [1.807, 2.05) is 51.7 Å². The predicted octanol–water partition coefficient (Wildman–Crippen LogP) is 1.90. The summed E-state index contributed by atoms with van der Waals surface area (Å²) in [6.45, 7) is 18.0. The van der Waals surface area contributed by atoms with Gasteiger partial charge in [-0.05, 0) is 94.8 Å². The number of nitrogens with zero attached hydrogens (tertiary/aromatic N) is 2. The van der Waals surface area contributed by atoms with Crippen molar-refractivity contribution >= 4 is 5.97 Å². The molecule has 14 heteroatoms. The summed E-state index contributed by atoms with van der Waals surface area (Å²) < 4.78 is 37.5. The van der Waals surface area contributed by atoms with Crippen LogP contribution in [0.3, 0.4) is 0 Å². The first-order valence-electron chi connectivity index (χ1n) is 19.1. The quantitative estimate of drug-likeness (QED) is 0.238. The Kier molecular flexibility index (Phi) is 15.6. The highest BCUT2D eigenvalue weighted by molar-refractivity contribution is 5.73. The third-order valence-corrected chi connectivity index (χ3v) is 12.2. The monoisotopic (exact) mass is 749 g/mol. The minimum Gasteiger partial charge on any atom is -0.459 e. The number of ether oxygens (including phenoxy) is 6. The number of carbonyl (C=O) groups excluding carboxylic acids is 1. The Hall–Kier alpha value is -1.01. The summed E-state index contributed by atoms with van der Waals surface area (Å²) in [7, 11) is 7.12. The van der Waals surface area contributed by atoms with Crippen molar-refractivity contribution in [1.29, 1.82) is 0 Å². The minimum atomic E-state index is -1.80. The number of rotatable bonds is 7. The molecule has 0 saturated carbocycles. The maximum atomic E-state index is 14.2. The second-order valence-electron chi connectivity index (χ2n) is 17.2. The number of hydrogen-bond donors (Lipinski definition) is 5. The van der Waals surface area contributed by atoms with E-state index in [2.05, 4.69) is 0 Å². The maximum absolute atomic E-state index is 14.2. The summed E-state index contributed by atoms with van der Waals surface area (Å²) in [6, 6.07) is -0.808. The Bertz CT molecular complexity index is 1140. The van der Waals surface area contributed by atoms with E-state index in [-0.39, 0.29) is 37.3 Å². The first kappa shape index (κ1) is 45.4. The molecule has 0 aromatic rings. The highest BCUT2D eigenvalue weighted by Gasteiger charge is 2.52. The zero-order valence-electron chi connectivity index (χ0n) is 34.2. The Balaban J connectivity index is 2.17. The van der Waals surface area contributed by atoms with Gasteiger partial charge < -0.3 is 63.8 Å². The molecule has 3 saturated heterocycles. The van der Waals surface area contributed by atoms with Gasteiger partial charge in [0.25, 0.3) is 0 Å². The average Bonchev–Trinajstić information content (AvgIpc) is 3.05. The molecule has 4 unspecified atom stereocenters. The minimum absolute atomic E-state index is 0.133. The first-order valence-corrected chi connectivity index (χ1v) is 19.1. The number of esters is 1. The Morgan fingerprint density at radius 2 is 1.56 bits per heavy atom. The van der Waals surface area contributed by atoms with E-state index in [0.717, 1.165) is 0 Å². The van der Waals surface area contributed by atoms with Crippen LogP contribution in [-0.2, 0) is 33.2 Å². The van der Waals surface area contributed by atoms with Crippen LogP contribution in [0.4, 0.5) is 0 Å². The van der Waals surface area contributed by atoms with Gasteiger partial charge in [-0.3, -0.25) is 4.79 Å². The molecule has 0 aromatic carbocycles. The van der Waals surface area contributed by atoms with Gasteiger partial charge in [-0.1, -0.05) is 20.8 Å². The smallest absolute Gasteiger partial charge is 0.311 e. The van der Waals surface area contributed by atoms with Crippen molar-refractivity contribution in [1.82, 2.24) is 9.80 Å². The third-order valence-electron chi connectivity index (χ3n) is 12.2. The van der Waals surface area contributed by atoms with Crippen LogP contribution < -0.4 is 0 Å². The maximum Gasteiger partial charge on any atom is 0.311 e. The lowest BCUT2D eigenvalue weighted by Gasteiger charge is -2.48. The number of hydrogen-bond acceptors (Lipinski definition) is 14. The van der Waals surface area contributed by atoms with Crippen LogP contribution in [0.5, 0.6) is 0 Å². The largest absolute Gasteiger partial charge is 0.459 e. The van der Waals surface area contributed by atoms with Crippen molar-refractivity contribution in [2.75, 3.05) is 34.8 Å². The number of likely N-dealkylation sites (N-methyl/N-ethyl adjacent to an activating group) is 2. The Labute approximate surface area is 312 Å². The van der Waals surface area contributed by atoms with Crippen LogP contribution in [0.1, 0.15) is 94.9 Å². The second-order valence-corrected chi connectivity index (χ2v) is 17.2. The number of carbonyl (C=O) groups is 1. The number of cyclic esters (lactones) is 1. The lowest BCUT2D eigenvalue weighted by molar-refractivity contribution is -0.318. The standard InChI is InChI=1S/C38H72N2O12/c1-15-27-38(10,46)31(42)24(6)40(13)19-20(2)17-36(8,45)33(52-35-29(41)26(39(11)12)16-21(3)48-35)22(4)30(23(5)34(44)50-27)51-28-18-37(9,47-14)32(43)25(7)49-28/h20-33,35,41-43,45-46H,15-19H2,1-14H3/t20-,21-,22+,23-,24?,25+,26+,27?,28+,29-,30+,31?,32+,33-,35+,36-,37-,38?/m1/s1. The normalized spacial score (nSPS) is 49.6. The molecule has 0 spiro atoms. The average molecular weight is 749 g/mol. The molecule has 3 fully saturated rings. The topological polar surface area (TPSA) is 180 Å². The van der Waals surface area contributed by atoms with E-state index in [9.17, 15) is 30.3 Å². The Morgan fingerprint density at radius 3 is 2.12 bits per heavy atom. The molecule has 0 amide bonds. The summed E-state index contributed by atoms with van der Waals surface area (Å²) in [4.78, 5) is 18.0. The molecular formula is C38H72N2O12. The zero-order valence-corrected chi connectivity index (χ0v) is 34.2. The number of aliphatic hydroxyl groups is 5. The second kappa shape index (κ2) is 17.8. The fourth-order valence-electron chi connectivity index (χ4n) is 8.74. The van der Waals surface area contributed by atoms with Crippen molar-refractivity contribution in [2.45, 2.75) is 185 Å². The molecule has 306 valence electrons. The van der Waals surface area contributed by atoms with Gasteiger partial charge >= 0.3 is 5.97 Å². The van der Waals surface area contributed by atoms with Crippen LogP contribution in [0.15, 0.2) is 0 Å². The highest BCUT2D eigenvalue weighted by atomic mass is 16.7. The molecule has 0 radical (unpaired) electrons. The van der Waals surface area contributed by atoms with Gasteiger partial charge in [0.2, 0.25) is 0 Å². The molecule has 52 heavy (non-hydrogen) atoms. The molecule has 0 aromatic heterocycles. The van der Waals surface area contributed by atoms with Crippen molar-refractivity contribution in [2.24, 2.45) is 17.8 Å². The van der Waals surface area contributed by atoms with E-state index in [1.54, 1.807) is 41.5 Å². The summed E-state index contributed by atoms with van der Waals surface area (Å²) in [6.07, 6.45) is -8.19. The van der Waals surface area contributed by atoms with Gasteiger partial charge in [0.15, 0.2) is 12.6 Å². The predicted molar refractivity (Wildman–Crippen MR) is 194 cm³/mol. The van der Waals surface area contributed by atoms with Crippen LogP contribution in [0.25, 0.3) is 0 Å². The third kappa shape index (κ3) is 10.0. The van der Waals surface area contributed by atoms with Gasteiger partial charge in [-0.2, -0.15) is 0 Å². The van der Waals surface area contributed by atoms with E-state index in [1.165, 1.54) is 14.0 Å². The van der Waals surface area contributed by atoms with Gasteiger partial charge in [-0.25, -0.2) is 0 Å². The van der Waals surface area contributed by atoms with Crippen LogP contribution in [0.2, 0.25) is 0 Å².